The first-order chi connectivity index (χ1) is 11.1. The van der Waals surface area contributed by atoms with Crippen LogP contribution in [0, 0.1) is 16.0 Å². The summed E-state index contributed by atoms with van der Waals surface area (Å²) < 4.78 is 0. The maximum absolute atomic E-state index is 12.5. The van der Waals surface area contributed by atoms with Crippen LogP contribution in [0.3, 0.4) is 0 Å². The standard InChI is InChI=1S/C16H19N3O5/c1-9(2)16(3,8-13(20)21)18-15(22)11-7-10-5-4-6-12(19(23)24)14(10)17-11/h4-7,9,17H,8H2,1-3H3,(H,18,22)(H,20,21). The first kappa shape index (κ1) is 17.5. The van der Waals surface area contributed by atoms with Crippen molar-refractivity contribution < 1.29 is 19.6 Å². The van der Waals surface area contributed by atoms with E-state index in [1.165, 1.54) is 12.1 Å². The zero-order chi connectivity index (χ0) is 18.1. The fourth-order valence-corrected chi connectivity index (χ4v) is 2.45. The Kier molecular flexibility index (Phi) is 4.59. The first-order valence-electron chi connectivity index (χ1n) is 7.44. The molecule has 2 rings (SSSR count). The van der Waals surface area contributed by atoms with E-state index in [4.69, 9.17) is 5.11 Å². The van der Waals surface area contributed by atoms with Gasteiger partial charge < -0.3 is 15.4 Å². The lowest BCUT2D eigenvalue weighted by atomic mass is 9.85. The summed E-state index contributed by atoms with van der Waals surface area (Å²) in [5, 5.41) is 23.4. The maximum Gasteiger partial charge on any atom is 0.305 e. The molecule has 24 heavy (non-hydrogen) atoms. The van der Waals surface area contributed by atoms with Crippen LogP contribution in [0.25, 0.3) is 10.9 Å². The highest BCUT2D eigenvalue weighted by Crippen LogP contribution is 2.26. The molecule has 1 heterocycles. The smallest absolute Gasteiger partial charge is 0.305 e. The summed E-state index contributed by atoms with van der Waals surface area (Å²) in [6.45, 7) is 5.30. The molecule has 1 unspecified atom stereocenters. The number of amides is 1. The van der Waals surface area contributed by atoms with E-state index in [1.54, 1.807) is 19.1 Å². The van der Waals surface area contributed by atoms with Crippen LogP contribution in [0.15, 0.2) is 24.3 Å². The van der Waals surface area contributed by atoms with E-state index in [0.717, 1.165) is 0 Å². The molecule has 3 N–H and O–H groups in total. The number of H-pyrrole nitrogens is 1. The number of carbonyl (C=O) groups is 2. The van der Waals surface area contributed by atoms with Crippen molar-refractivity contribution in [1.82, 2.24) is 10.3 Å². The van der Waals surface area contributed by atoms with Gasteiger partial charge in [0.05, 0.1) is 16.9 Å². The second kappa shape index (κ2) is 6.31. The van der Waals surface area contributed by atoms with Crippen LogP contribution < -0.4 is 5.32 Å². The minimum absolute atomic E-state index is 0.115. The summed E-state index contributed by atoms with van der Waals surface area (Å²) >= 11 is 0. The molecule has 0 aliphatic rings. The summed E-state index contributed by atoms with van der Waals surface area (Å²) in [6, 6.07) is 6.06. The lowest BCUT2D eigenvalue weighted by Crippen LogP contribution is -2.51. The second-order valence-electron chi connectivity index (χ2n) is 6.28. The van der Waals surface area contributed by atoms with Gasteiger partial charge in [-0.05, 0) is 18.9 Å². The zero-order valence-corrected chi connectivity index (χ0v) is 13.6. The Bertz CT molecular complexity index is 811. The van der Waals surface area contributed by atoms with E-state index in [-0.39, 0.29) is 29.2 Å². The van der Waals surface area contributed by atoms with Gasteiger partial charge >= 0.3 is 5.97 Å². The number of nitrogens with one attached hydrogen (secondary N) is 2. The quantitative estimate of drug-likeness (QED) is 0.553. The largest absolute Gasteiger partial charge is 0.481 e. The number of fused-ring (bicyclic) bond motifs is 1. The Balaban J connectivity index is 2.36. The van der Waals surface area contributed by atoms with Gasteiger partial charge in [0.2, 0.25) is 0 Å². The van der Waals surface area contributed by atoms with Crippen molar-refractivity contribution in [3.8, 4) is 0 Å². The van der Waals surface area contributed by atoms with Crippen molar-refractivity contribution >= 4 is 28.5 Å². The minimum Gasteiger partial charge on any atom is -0.481 e. The van der Waals surface area contributed by atoms with Crippen LogP contribution in [0.4, 0.5) is 5.69 Å². The number of nitrogens with zero attached hydrogens (tertiary/aromatic N) is 1. The van der Waals surface area contributed by atoms with E-state index in [2.05, 4.69) is 10.3 Å². The minimum atomic E-state index is -1.02. The molecule has 0 saturated carbocycles. The molecular formula is C16H19N3O5. The van der Waals surface area contributed by atoms with Crippen molar-refractivity contribution in [1.29, 1.82) is 0 Å². The Hall–Kier alpha value is -2.90. The number of hydrogen-bond acceptors (Lipinski definition) is 4. The molecule has 1 amide bonds. The number of hydrogen-bond donors (Lipinski definition) is 3. The fourth-order valence-electron chi connectivity index (χ4n) is 2.45. The Morgan fingerprint density at radius 2 is 2.08 bits per heavy atom. The molecule has 0 aliphatic carbocycles. The molecule has 0 aliphatic heterocycles. The predicted molar refractivity (Wildman–Crippen MR) is 87.9 cm³/mol. The topological polar surface area (TPSA) is 125 Å². The maximum atomic E-state index is 12.5. The van der Waals surface area contributed by atoms with Crippen LogP contribution in [0.5, 0.6) is 0 Å². The number of benzene rings is 1. The summed E-state index contributed by atoms with van der Waals surface area (Å²) in [6.07, 6.45) is -0.225. The van der Waals surface area contributed by atoms with Crippen molar-refractivity contribution in [3.63, 3.8) is 0 Å². The number of carboxylic acid groups (broad SMARTS) is 1. The number of carboxylic acids is 1. The number of rotatable bonds is 6. The van der Waals surface area contributed by atoms with Gasteiger partial charge in [0.1, 0.15) is 11.2 Å². The highest BCUT2D eigenvalue weighted by molar-refractivity contribution is 6.00. The van der Waals surface area contributed by atoms with Crippen molar-refractivity contribution in [2.45, 2.75) is 32.7 Å². The summed E-state index contributed by atoms with van der Waals surface area (Å²) in [5.74, 6) is -1.63. The number of non-ortho nitro benzene ring substituents is 1. The van der Waals surface area contributed by atoms with Gasteiger partial charge in [-0.1, -0.05) is 26.0 Å². The third-order valence-corrected chi connectivity index (χ3v) is 4.27. The Morgan fingerprint density at radius 1 is 1.42 bits per heavy atom. The summed E-state index contributed by atoms with van der Waals surface area (Å²) in [5.41, 5.74) is -0.649. The van der Waals surface area contributed by atoms with Crippen molar-refractivity contribution in [2.24, 2.45) is 5.92 Å². The van der Waals surface area contributed by atoms with E-state index >= 15 is 0 Å². The average Bonchev–Trinajstić information content (AvgIpc) is 2.89. The van der Waals surface area contributed by atoms with Gasteiger partial charge in [0.15, 0.2) is 0 Å². The van der Waals surface area contributed by atoms with E-state index in [1.807, 2.05) is 13.8 Å². The highest BCUT2D eigenvalue weighted by atomic mass is 16.6. The van der Waals surface area contributed by atoms with Gasteiger partial charge in [-0.2, -0.15) is 0 Å². The van der Waals surface area contributed by atoms with Gasteiger partial charge in [-0.15, -0.1) is 0 Å². The van der Waals surface area contributed by atoms with E-state index < -0.39 is 22.3 Å². The molecule has 8 nitrogen and oxygen atoms in total. The van der Waals surface area contributed by atoms with Crippen LogP contribution in [-0.4, -0.2) is 32.4 Å². The molecule has 1 aromatic heterocycles. The number of aromatic nitrogens is 1. The molecule has 0 radical (unpaired) electrons. The molecule has 0 fully saturated rings. The summed E-state index contributed by atoms with van der Waals surface area (Å²) in [4.78, 5) is 36.8. The van der Waals surface area contributed by atoms with Crippen LogP contribution in [0.2, 0.25) is 0 Å². The summed E-state index contributed by atoms with van der Waals surface area (Å²) in [7, 11) is 0. The highest BCUT2D eigenvalue weighted by Gasteiger charge is 2.33. The second-order valence-corrected chi connectivity index (χ2v) is 6.28. The zero-order valence-electron chi connectivity index (χ0n) is 13.6. The number of carbonyl (C=O) groups excluding carboxylic acids is 1. The third kappa shape index (κ3) is 3.37. The Morgan fingerprint density at radius 3 is 2.62 bits per heavy atom. The van der Waals surface area contributed by atoms with Crippen LogP contribution >= 0.6 is 0 Å². The molecule has 0 bridgehead atoms. The van der Waals surface area contributed by atoms with Crippen molar-refractivity contribution in [3.05, 3.63) is 40.1 Å². The molecule has 0 saturated heterocycles. The molecule has 128 valence electrons. The van der Waals surface area contributed by atoms with Crippen LogP contribution in [0.1, 0.15) is 37.7 Å². The normalized spacial score (nSPS) is 13.7. The van der Waals surface area contributed by atoms with Crippen LogP contribution in [-0.2, 0) is 4.79 Å². The molecule has 8 heteroatoms. The van der Waals surface area contributed by atoms with Gasteiger partial charge in [-0.25, -0.2) is 0 Å². The fraction of sp³-hybridized carbons (Fsp3) is 0.375. The van der Waals surface area contributed by atoms with Crippen molar-refractivity contribution in [2.75, 3.05) is 0 Å². The lowest BCUT2D eigenvalue weighted by molar-refractivity contribution is -0.383. The number of para-hydroxylation sites is 1. The first-order valence-corrected chi connectivity index (χ1v) is 7.44. The molecule has 0 spiro atoms. The molecule has 1 aromatic carbocycles. The van der Waals surface area contributed by atoms with E-state index in [0.29, 0.717) is 5.39 Å². The monoisotopic (exact) mass is 333 g/mol. The molecule has 1 atom stereocenters. The lowest BCUT2D eigenvalue weighted by Gasteiger charge is -2.33. The van der Waals surface area contributed by atoms with Gasteiger partial charge in [0, 0.05) is 11.5 Å². The number of aliphatic carboxylic acids is 1. The van der Waals surface area contributed by atoms with E-state index in [9.17, 15) is 19.7 Å². The Labute approximate surface area is 138 Å². The third-order valence-electron chi connectivity index (χ3n) is 4.27. The number of aromatic amines is 1. The number of nitro groups is 1. The molecular weight excluding hydrogens is 314 g/mol. The number of nitro benzene ring substituents is 1. The van der Waals surface area contributed by atoms with Gasteiger partial charge in [-0.3, -0.25) is 19.7 Å². The predicted octanol–water partition coefficient (Wildman–Crippen LogP) is 2.70. The average molecular weight is 333 g/mol. The van der Waals surface area contributed by atoms with Gasteiger partial charge in [0.25, 0.3) is 11.6 Å². The SMILES string of the molecule is CC(C)C(C)(CC(=O)O)NC(=O)c1cc2cccc([N+](=O)[O-])c2[nH]1. The molecule has 2 aromatic rings.